The Balaban J connectivity index is 2.09. The standard InChI is InChI=1S/C16H28BrNO2/c1-11-12(2)20-13(3)15(11)16(19)18(10-9-17)14-7-5-4-6-8-14/h11-15H,4-10H2,1-3H3. The van der Waals surface area contributed by atoms with Crippen molar-refractivity contribution < 1.29 is 9.53 Å². The molecule has 3 nitrogen and oxygen atoms in total. The number of hydrogen-bond acceptors (Lipinski definition) is 2. The van der Waals surface area contributed by atoms with Crippen molar-refractivity contribution in [2.45, 2.75) is 71.1 Å². The molecule has 1 amide bonds. The van der Waals surface area contributed by atoms with E-state index in [1.54, 1.807) is 0 Å². The highest BCUT2D eigenvalue weighted by Crippen LogP contribution is 2.35. The second-order valence-corrected chi connectivity index (χ2v) is 7.24. The van der Waals surface area contributed by atoms with E-state index in [0.29, 0.717) is 17.9 Å². The molecule has 2 aliphatic rings. The van der Waals surface area contributed by atoms with Gasteiger partial charge in [-0.2, -0.15) is 0 Å². The lowest BCUT2D eigenvalue weighted by molar-refractivity contribution is -0.140. The minimum Gasteiger partial charge on any atom is -0.374 e. The first-order valence-electron chi connectivity index (χ1n) is 8.08. The smallest absolute Gasteiger partial charge is 0.228 e. The van der Waals surface area contributed by atoms with Gasteiger partial charge in [-0.3, -0.25) is 4.79 Å². The second-order valence-electron chi connectivity index (χ2n) is 6.44. The molecule has 0 aromatic rings. The third-order valence-corrected chi connectivity index (χ3v) is 5.51. The van der Waals surface area contributed by atoms with Crippen LogP contribution < -0.4 is 0 Å². The van der Waals surface area contributed by atoms with Crippen molar-refractivity contribution in [1.29, 1.82) is 0 Å². The Morgan fingerprint density at radius 2 is 1.80 bits per heavy atom. The average molecular weight is 346 g/mol. The Kier molecular flexibility index (Phi) is 5.91. The van der Waals surface area contributed by atoms with Gasteiger partial charge in [-0.25, -0.2) is 0 Å². The summed E-state index contributed by atoms with van der Waals surface area (Å²) in [7, 11) is 0. The van der Waals surface area contributed by atoms with Gasteiger partial charge in [0.25, 0.3) is 0 Å². The number of halogens is 1. The van der Waals surface area contributed by atoms with Gasteiger partial charge in [-0.1, -0.05) is 42.1 Å². The van der Waals surface area contributed by atoms with Crippen LogP contribution in [-0.2, 0) is 9.53 Å². The van der Waals surface area contributed by atoms with Gasteiger partial charge in [0.15, 0.2) is 0 Å². The summed E-state index contributed by atoms with van der Waals surface area (Å²) in [6.45, 7) is 7.12. The first-order valence-corrected chi connectivity index (χ1v) is 9.20. The molecule has 1 aliphatic heterocycles. The molecule has 1 saturated heterocycles. The highest BCUT2D eigenvalue weighted by Gasteiger charge is 2.44. The number of hydrogen-bond donors (Lipinski definition) is 0. The molecule has 4 unspecified atom stereocenters. The lowest BCUT2D eigenvalue weighted by Crippen LogP contribution is -2.48. The molecular weight excluding hydrogens is 318 g/mol. The number of ether oxygens (including phenoxy) is 1. The third kappa shape index (κ3) is 3.38. The monoisotopic (exact) mass is 345 g/mol. The Morgan fingerprint density at radius 1 is 1.15 bits per heavy atom. The summed E-state index contributed by atoms with van der Waals surface area (Å²) in [5.74, 6) is 0.672. The molecular formula is C16H28BrNO2. The molecule has 1 saturated carbocycles. The molecule has 2 fully saturated rings. The number of rotatable bonds is 4. The maximum Gasteiger partial charge on any atom is 0.228 e. The number of amides is 1. The molecule has 2 rings (SSSR count). The Bertz CT molecular complexity index is 330. The zero-order chi connectivity index (χ0) is 14.7. The molecule has 0 spiro atoms. The number of carbonyl (C=O) groups excluding carboxylic acids is 1. The minimum absolute atomic E-state index is 0.0333. The fourth-order valence-electron chi connectivity index (χ4n) is 3.84. The number of carbonyl (C=O) groups is 1. The SMILES string of the molecule is CC1OC(C)C(C(=O)N(CCBr)C2CCCCC2)C1C. The van der Waals surface area contributed by atoms with Gasteiger partial charge < -0.3 is 9.64 Å². The van der Waals surface area contributed by atoms with Crippen molar-refractivity contribution in [3.63, 3.8) is 0 Å². The van der Waals surface area contributed by atoms with E-state index >= 15 is 0 Å². The van der Waals surface area contributed by atoms with Crippen LogP contribution >= 0.6 is 15.9 Å². The molecule has 0 bridgehead atoms. The van der Waals surface area contributed by atoms with Gasteiger partial charge in [0.1, 0.15) is 0 Å². The maximum absolute atomic E-state index is 13.0. The molecule has 0 radical (unpaired) electrons. The Hall–Kier alpha value is -0.0900. The highest BCUT2D eigenvalue weighted by atomic mass is 79.9. The van der Waals surface area contributed by atoms with Crippen LogP contribution in [0, 0.1) is 11.8 Å². The van der Waals surface area contributed by atoms with Crippen molar-refractivity contribution in [2.75, 3.05) is 11.9 Å². The Labute approximate surface area is 131 Å². The molecule has 116 valence electrons. The van der Waals surface area contributed by atoms with E-state index < -0.39 is 0 Å². The summed E-state index contributed by atoms with van der Waals surface area (Å²) in [5.41, 5.74) is 0. The van der Waals surface area contributed by atoms with Crippen LogP contribution in [0.5, 0.6) is 0 Å². The highest BCUT2D eigenvalue weighted by molar-refractivity contribution is 9.09. The van der Waals surface area contributed by atoms with E-state index in [1.807, 2.05) is 0 Å². The molecule has 0 aromatic carbocycles. The van der Waals surface area contributed by atoms with Gasteiger partial charge in [0.05, 0.1) is 18.1 Å². The second kappa shape index (κ2) is 7.26. The van der Waals surface area contributed by atoms with Crippen LogP contribution in [0.4, 0.5) is 0 Å². The summed E-state index contributed by atoms with van der Waals surface area (Å²) in [5, 5.41) is 0.862. The number of alkyl halides is 1. The van der Waals surface area contributed by atoms with E-state index in [0.717, 1.165) is 11.9 Å². The van der Waals surface area contributed by atoms with Crippen molar-refractivity contribution >= 4 is 21.8 Å². The van der Waals surface area contributed by atoms with Crippen LogP contribution in [0.1, 0.15) is 52.9 Å². The molecule has 1 heterocycles. The van der Waals surface area contributed by atoms with E-state index in [-0.39, 0.29) is 18.1 Å². The maximum atomic E-state index is 13.0. The van der Waals surface area contributed by atoms with Crippen LogP contribution in [0.2, 0.25) is 0 Å². The van der Waals surface area contributed by atoms with Crippen LogP contribution in [-0.4, -0.2) is 40.9 Å². The van der Waals surface area contributed by atoms with E-state index in [9.17, 15) is 4.79 Å². The van der Waals surface area contributed by atoms with E-state index in [4.69, 9.17) is 4.74 Å². The van der Waals surface area contributed by atoms with Gasteiger partial charge in [0.2, 0.25) is 5.91 Å². The largest absolute Gasteiger partial charge is 0.374 e. The summed E-state index contributed by atoms with van der Waals surface area (Å²) in [6.07, 6.45) is 6.43. The summed E-state index contributed by atoms with van der Waals surface area (Å²) in [4.78, 5) is 15.2. The van der Waals surface area contributed by atoms with Crippen molar-refractivity contribution in [3.05, 3.63) is 0 Å². The van der Waals surface area contributed by atoms with Gasteiger partial charge in [-0.15, -0.1) is 0 Å². The predicted molar refractivity (Wildman–Crippen MR) is 85.0 cm³/mol. The lowest BCUT2D eigenvalue weighted by atomic mass is 9.86. The van der Waals surface area contributed by atoms with E-state index in [2.05, 4.69) is 41.6 Å². The van der Waals surface area contributed by atoms with Gasteiger partial charge in [-0.05, 0) is 32.6 Å². The first-order chi connectivity index (χ1) is 9.56. The zero-order valence-corrected chi connectivity index (χ0v) is 14.6. The van der Waals surface area contributed by atoms with Crippen LogP contribution in [0.15, 0.2) is 0 Å². The Morgan fingerprint density at radius 3 is 2.30 bits per heavy atom. The van der Waals surface area contributed by atoms with Crippen LogP contribution in [0.3, 0.4) is 0 Å². The zero-order valence-electron chi connectivity index (χ0n) is 13.0. The third-order valence-electron chi connectivity index (χ3n) is 5.15. The first kappa shape index (κ1) is 16.3. The summed E-state index contributed by atoms with van der Waals surface area (Å²) >= 11 is 3.51. The van der Waals surface area contributed by atoms with E-state index in [1.165, 1.54) is 32.1 Å². The quantitative estimate of drug-likeness (QED) is 0.728. The fourth-order valence-corrected chi connectivity index (χ4v) is 4.22. The topological polar surface area (TPSA) is 29.5 Å². The molecule has 1 aliphatic carbocycles. The van der Waals surface area contributed by atoms with Crippen molar-refractivity contribution in [3.8, 4) is 0 Å². The lowest BCUT2D eigenvalue weighted by Gasteiger charge is -2.37. The molecule has 4 heteroatoms. The van der Waals surface area contributed by atoms with Gasteiger partial charge >= 0.3 is 0 Å². The average Bonchev–Trinajstić information content (AvgIpc) is 2.70. The molecule has 0 N–H and O–H groups in total. The normalized spacial score (nSPS) is 35.2. The predicted octanol–water partition coefficient (Wildman–Crippen LogP) is 3.60. The molecule has 4 atom stereocenters. The minimum atomic E-state index is 0.0333. The number of nitrogens with zero attached hydrogens (tertiary/aromatic N) is 1. The summed E-state index contributed by atoms with van der Waals surface area (Å²) in [6, 6.07) is 0.448. The molecule has 20 heavy (non-hydrogen) atoms. The molecule has 0 aromatic heterocycles. The van der Waals surface area contributed by atoms with Crippen molar-refractivity contribution in [2.24, 2.45) is 11.8 Å². The fraction of sp³-hybridized carbons (Fsp3) is 0.938. The summed E-state index contributed by atoms with van der Waals surface area (Å²) < 4.78 is 5.86. The van der Waals surface area contributed by atoms with Crippen LogP contribution in [0.25, 0.3) is 0 Å². The van der Waals surface area contributed by atoms with Gasteiger partial charge in [0, 0.05) is 17.9 Å². The van der Waals surface area contributed by atoms with Crippen molar-refractivity contribution in [1.82, 2.24) is 4.90 Å².